The van der Waals surface area contributed by atoms with Crippen LogP contribution in [0.5, 0.6) is 5.88 Å². The molecular weight excluding hydrogens is 371 g/mol. The van der Waals surface area contributed by atoms with E-state index >= 15 is 0 Å². The minimum atomic E-state index is -4.49. The number of likely N-dealkylation sites (tertiary alicyclic amines) is 1. The number of guanidine groups is 1. The predicted octanol–water partition coefficient (Wildman–Crippen LogP) is 2.66. The van der Waals surface area contributed by atoms with Gasteiger partial charge >= 0.3 is 6.18 Å². The standard InChI is InChI=1S/C19H28F3N5O/c1-2-23-18(26-14-7-11-27(12-8-14)15-5-6-15)25-10-13-28-17-16(19(20,21)22)4-3-9-24-17/h3-4,9,14-15H,2,5-8,10-13H2,1H3,(H2,23,25,26). The van der Waals surface area contributed by atoms with Crippen LogP contribution < -0.4 is 15.4 Å². The highest BCUT2D eigenvalue weighted by molar-refractivity contribution is 5.80. The largest absolute Gasteiger partial charge is 0.475 e. The van der Waals surface area contributed by atoms with Gasteiger partial charge in [-0.25, -0.2) is 9.98 Å². The van der Waals surface area contributed by atoms with Gasteiger partial charge in [-0.15, -0.1) is 0 Å². The summed E-state index contributed by atoms with van der Waals surface area (Å²) in [6.45, 7) is 5.16. The Kier molecular flexibility index (Phi) is 6.98. The first kappa shape index (κ1) is 20.7. The Morgan fingerprint density at radius 1 is 1.29 bits per heavy atom. The quantitative estimate of drug-likeness (QED) is 0.419. The molecule has 9 heteroatoms. The summed E-state index contributed by atoms with van der Waals surface area (Å²) >= 11 is 0. The maximum Gasteiger partial charge on any atom is 0.421 e. The monoisotopic (exact) mass is 399 g/mol. The van der Waals surface area contributed by atoms with Gasteiger partial charge in [-0.3, -0.25) is 0 Å². The van der Waals surface area contributed by atoms with Crippen LogP contribution in [-0.2, 0) is 6.18 Å². The molecular formula is C19H28F3N5O. The molecule has 1 aromatic heterocycles. The molecule has 0 amide bonds. The van der Waals surface area contributed by atoms with Crippen molar-refractivity contribution in [3.05, 3.63) is 23.9 Å². The molecule has 0 radical (unpaired) electrons. The normalized spacial score (nSPS) is 19.5. The molecule has 1 saturated heterocycles. The summed E-state index contributed by atoms with van der Waals surface area (Å²) in [5.41, 5.74) is -0.869. The van der Waals surface area contributed by atoms with Crippen molar-refractivity contribution in [2.24, 2.45) is 4.99 Å². The molecule has 0 spiro atoms. The van der Waals surface area contributed by atoms with E-state index < -0.39 is 17.6 Å². The summed E-state index contributed by atoms with van der Waals surface area (Å²) in [6.07, 6.45) is 1.59. The zero-order chi connectivity index (χ0) is 20.0. The number of rotatable bonds is 7. The third-order valence-electron chi connectivity index (χ3n) is 4.95. The van der Waals surface area contributed by atoms with Gasteiger partial charge in [0.25, 0.3) is 0 Å². The molecule has 1 saturated carbocycles. The maximum atomic E-state index is 13.0. The highest BCUT2D eigenvalue weighted by Crippen LogP contribution is 2.34. The van der Waals surface area contributed by atoms with Crippen molar-refractivity contribution in [1.82, 2.24) is 20.5 Å². The van der Waals surface area contributed by atoms with E-state index in [4.69, 9.17) is 4.74 Å². The summed E-state index contributed by atoms with van der Waals surface area (Å²) in [7, 11) is 0. The summed E-state index contributed by atoms with van der Waals surface area (Å²) in [4.78, 5) is 10.7. The van der Waals surface area contributed by atoms with Crippen LogP contribution in [0, 0.1) is 0 Å². The lowest BCUT2D eigenvalue weighted by molar-refractivity contribution is -0.139. The molecule has 0 aromatic carbocycles. The van der Waals surface area contributed by atoms with Gasteiger partial charge < -0.3 is 20.3 Å². The number of piperidine rings is 1. The molecule has 2 fully saturated rings. The number of hydrogen-bond donors (Lipinski definition) is 2. The van der Waals surface area contributed by atoms with Gasteiger partial charge in [0, 0.05) is 37.9 Å². The van der Waals surface area contributed by atoms with Crippen molar-refractivity contribution in [3.8, 4) is 5.88 Å². The molecule has 0 bridgehead atoms. The first-order chi connectivity index (χ1) is 13.5. The van der Waals surface area contributed by atoms with Crippen molar-refractivity contribution in [1.29, 1.82) is 0 Å². The number of aliphatic imine (C=N–C) groups is 1. The lowest BCUT2D eigenvalue weighted by atomic mass is 10.1. The summed E-state index contributed by atoms with van der Waals surface area (Å²) < 4.78 is 44.1. The van der Waals surface area contributed by atoms with E-state index in [0.29, 0.717) is 18.5 Å². The Hall–Kier alpha value is -2.03. The highest BCUT2D eigenvalue weighted by atomic mass is 19.4. The van der Waals surface area contributed by atoms with Crippen LogP contribution >= 0.6 is 0 Å². The average Bonchev–Trinajstić information content (AvgIpc) is 3.51. The molecule has 2 N–H and O–H groups in total. The molecule has 2 heterocycles. The molecule has 28 heavy (non-hydrogen) atoms. The van der Waals surface area contributed by atoms with Crippen molar-refractivity contribution in [2.45, 2.75) is 50.9 Å². The molecule has 0 unspecified atom stereocenters. The maximum absolute atomic E-state index is 13.0. The van der Waals surface area contributed by atoms with Crippen LogP contribution in [0.15, 0.2) is 23.3 Å². The SMILES string of the molecule is CCNC(=NCCOc1ncccc1C(F)(F)F)NC1CCN(C2CC2)CC1. The van der Waals surface area contributed by atoms with E-state index in [0.717, 1.165) is 38.0 Å². The molecule has 0 atom stereocenters. The van der Waals surface area contributed by atoms with E-state index in [2.05, 4.69) is 25.5 Å². The molecule has 6 nitrogen and oxygen atoms in total. The molecule has 1 aromatic rings. The lowest BCUT2D eigenvalue weighted by Gasteiger charge is -2.33. The number of nitrogens with zero attached hydrogens (tertiary/aromatic N) is 3. The fourth-order valence-electron chi connectivity index (χ4n) is 3.38. The first-order valence-corrected chi connectivity index (χ1v) is 9.91. The van der Waals surface area contributed by atoms with Gasteiger partial charge in [0.05, 0.1) is 6.54 Å². The number of aromatic nitrogens is 1. The fraction of sp³-hybridized carbons (Fsp3) is 0.684. The van der Waals surface area contributed by atoms with E-state index in [1.54, 1.807) is 0 Å². The minimum absolute atomic E-state index is 0.0246. The van der Waals surface area contributed by atoms with Gasteiger partial charge in [0.15, 0.2) is 5.96 Å². The van der Waals surface area contributed by atoms with Crippen molar-refractivity contribution in [3.63, 3.8) is 0 Å². The Morgan fingerprint density at radius 2 is 2.04 bits per heavy atom. The topological polar surface area (TPSA) is 61.8 Å². The van der Waals surface area contributed by atoms with Crippen LogP contribution in [0.25, 0.3) is 0 Å². The van der Waals surface area contributed by atoms with Crippen molar-refractivity contribution >= 4 is 5.96 Å². The second-order valence-electron chi connectivity index (χ2n) is 7.15. The van der Waals surface area contributed by atoms with E-state index in [-0.39, 0.29) is 13.2 Å². The van der Waals surface area contributed by atoms with Gasteiger partial charge in [0.2, 0.25) is 5.88 Å². The smallest absolute Gasteiger partial charge is 0.421 e. The van der Waals surface area contributed by atoms with Crippen LogP contribution in [0.1, 0.15) is 38.2 Å². The summed E-state index contributed by atoms with van der Waals surface area (Å²) in [5, 5.41) is 6.62. The minimum Gasteiger partial charge on any atom is -0.475 e. The van der Waals surface area contributed by atoms with Gasteiger partial charge in [-0.05, 0) is 44.7 Å². The molecule has 156 valence electrons. The zero-order valence-electron chi connectivity index (χ0n) is 16.1. The first-order valence-electron chi connectivity index (χ1n) is 9.91. The Morgan fingerprint density at radius 3 is 2.68 bits per heavy atom. The number of hydrogen-bond acceptors (Lipinski definition) is 4. The number of pyridine rings is 1. The van der Waals surface area contributed by atoms with Crippen LogP contribution in [-0.4, -0.2) is 60.7 Å². The number of nitrogens with one attached hydrogen (secondary N) is 2. The van der Waals surface area contributed by atoms with E-state index in [9.17, 15) is 13.2 Å². The van der Waals surface area contributed by atoms with Gasteiger partial charge in [-0.2, -0.15) is 13.2 Å². The van der Waals surface area contributed by atoms with E-state index in [1.165, 1.54) is 25.1 Å². The predicted molar refractivity (Wildman–Crippen MR) is 101 cm³/mol. The highest BCUT2D eigenvalue weighted by Gasteiger charge is 2.35. The fourth-order valence-corrected chi connectivity index (χ4v) is 3.38. The Balaban J connectivity index is 1.47. The van der Waals surface area contributed by atoms with Crippen LogP contribution in [0.4, 0.5) is 13.2 Å². The van der Waals surface area contributed by atoms with Crippen molar-refractivity contribution < 1.29 is 17.9 Å². The second kappa shape index (κ2) is 9.45. The number of alkyl halides is 3. The lowest BCUT2D eigenvalue weighted by Crippen LogP contribution is -2.49. The molecule has 1 aliphatic carbocycles. The zero-order valence-corrected chi connectivity index (χ0v) is 16.1. The molecule has 1 aliphatic heterocycles. The second-order valence-corrected chi connectivity index (χ2v) is 7.15. The average molecular weight is 399 g/mol. The van der Waals surface area contributed by atoms with Crippen LogP contribution in [0.3, 0.4) is 0 Å². The number of halogens is 3. The van der Waals surface area contributed by atoms with Gasteiger partial charge in [-0.1, -0.05) is 0 Å². The molecule has 3 rings (SSSR count). The summed E-state index contributed by atoms with van der Waals surface area (Å²) in [5.74, 6) is 0.267. The van der Waals surface area contributed by atoms with Crippen molar-refractivity contribution in [2.75, 3.05) is 32.8 Å². The van der Waals surface area contributed by atoms with Gasteiger partial charge in [0.1, 0.15) is 12.2 Å². The number of ether oxygens (including phenoxy) is 1. The Bertz CT molecular complexity index is 655. The third-order valence-corrected chi connectivity index (χ3v) is 4.95. The Labute approximate surface area is 163 Å². The van der Waals surface area contributed by atoms with Crippen LogP contribution in [0.2, 0.25) is 0 Å². The third kappa shape index (κ3) is 5.98. The summed E-state index contributed by atoms with van der Waals surface area (Å²) in [6, 6.07) is 3.37. The molecule has 2 aliphatic rings. The van der Waals surface area contributed by atoms with E-state index in [1.807, 2.05) is 6.92 Å².